The fourth-order valence-corrected chi connectivity index (χ4v) is 2.86. The number of hydrogen-bond acceptors (Lipinski definition) is 1. The molecule has 1 unspecified atom stereocenters. The largest absolute Gasteiger partial charge is 0.165 e. The molecule has 15 heavy (non-hydrogen) atoms. The van der Waals surface area contributed by atoms with Crippen molar-refractivity contribution in [2.24, 2.45) is 5.92 Å². The Bertz CT molecular complexity index is 271. The maximum Gasteiger partial charge on any atom is 0.0175 e. The van der Waals surface area contributed by atoms with E-state index in [9.17, 15) is 0 Å². The van der Waals surface area contributed by atoms with Crippen LogP contribution in [0.3, 0.4) is 0 Å². The van der Waals surface area contributed by atoms with E-state index in [0.29, 0.717) is 0 Å². The number of thioether (sulfide) groups is 1. The summed E-state index contributed by atoms with van der Waals surface area (Å²) in [5.41, 5.74) is 1.43. The third kappa shape index (κ3) is 5.41. The first-order valence-corrected chi connectivity index (χ1v) is 8.36. The standard InChI is InChI=1S/C12H16Br2S/c1-15-7-6-11(9-13)8-10-2-4-12(14)5-3-10/h2-5,11H,6-9H2,1H3. The van der Waals surface area contributed by atoms with Crippen molar-refractivity contribution in [3.05, 3.63) is 34.3 Å². The number of alkyl halides is 1. The van der Waals surface area contributed by atoms with E-state index in [1.807, 2.05) is 11.8 Å². The van der Waals surface area contributed by atoms with E-state index in [-0.39, 0.29) is 0 Å². The Balaban J connectivity index is 2.47. The van der Waals surface area contributed by atoms with Crippen LogP contribution in [0.5, 0.6) is 0 Å². The van der Waals surface area contributed by atoms with E-state index >= 15 is 0 Å². The number of rotatable bonds is 6. The lowest BCUT2D eigenvalue weighted by molar-refractivity contribution is 0.579. The first-order valence-electron chi connectivity index (χ1n) is 5.05. The summed E-state index contributed by atoms with van der Waals surface area (Å²) < 4.78 is 1.16. The molecule has 1 aromatic carbocycles. The lowest BCUT2D eigenvalue weighted by Crippen LogP contribution is -2.07. The van der Waals surface area contributed by atoms with Crippen molar-refractivity contribution in [3.63, 3.8) is 0 Å². The zero-order valence-electron chi connectivity index (χ0n) is 8.88. The normalized spacial score (nSPS) is 12.7. The molecule has 0 aliphatic carbocycles. The SMILES string of the molecule is CSCCC(CBr)Cc1ccc(Br)cc1. The van der Waals surface area contributed by atoms with Gasteiger partial charge in [0.15, 0.2) is 0 Å². The minimum atomic E-state index is 0.763. The van der Waals surface area contributed by atoms with Gasteiger partial charge in [0.2, 0.25) is 0 Å². The van der Waals surface area contributed by atoms with Gasteiger partial charge in [-0.1, -0.05) is 44.0 Å². The molecule has 1 atom stereocenters. The number of hydrogen-bond donors (Lipinski definition) is 0. The van der Waals surface area contributed by atoms with Crippen LogP contribution in [0, 0.1) is 5.92 Å². The maximum absolute atomic E-state index is 3.60. The highest BCUT2D eigenvalue weighted by Gasteiger charge is 2.07. The second-order valence-electron chi connectivity index (χ2n) is 3.63. The predicted octanol–water partition coefficient (Wildman–Crippen LogP) is 4.76. The Morgan fingerprint density at radius 1 is 1.27 bits per heavy atom. The summed E-state index contributed by atoms with van der Waals surface area (Å²) in [4.78, 5) is 0. The van der Waals surface area contributed by atoms with E-state index in [2.05, 4.69) is 62.4 Å². The van der Waals surface area contributed by atoms with Gasteiger partial charge in [-0.25, -0.2) is 0 Å². The lowest BCUT2D eigenvalue weighted by atomic mass is 9.99. The third-order valence-corrected chi connectivity index (χ3v) is 4.47. The zero-order chi connectivity index (χ0) is 11.1. The Hall–Kier alpha value is 0.530. The van der Waals surface area contributed by atoms with Crippen LogP contribution in [0.1, 0.15) is 12.0 Å². The molecule has 0 N–H and O–H groups in total. The van der Waals surface area contributed by atoms with Crippen molar-refractivity contribution in [2.45, 2.75) is 12.8 Å². The minimum Gasteiger partial charge on any atom is -0.165 e. The zero-order valence-corrected chi connectivity index (χ0v) is 12.9. The molecule has 0 aliphatic heterocycles. The molecule has 0 saturated heterocycles. The smallest absolute Gasteiger partial charge is 0.0175 e. The molecule has 0 bridgehead atoms. The molecule has 0 radical (unpaired) electrons. The van der Waals surface area contributed by atoms with Gasteiger partial charge in [0.25, 0.3) is 0 Å². The Labute approximate surface area is 113 Å². The second-order valence-corrected chi connectivity index (χ2v) is 6.18. The maximum atomic E-state index is 3.60. The van der Waals surface area contributed by atoms with Crippen molar-refractivity contribution in [1.29, 1.82) is 0 Å². The van der Waals surface area contributed by atoms with E-state index in [1.54, 1.807) is 0 Å². The van der Waals surface area contributed by atoms with Gasteiger partial charge in [-0.05, 0) is 48.5 Å². The summed E-state index contributed by atoms with van der Waals surface area (Å²) in [7, 11) is 0. The number of benzene rings is 1. The molecule has 84 valence electrons. The summed E-state index contributed by atoms with van der Waals surface area (Å²) in [5, 5.41) is 1.10. The van der Waals surface area contributed by atoms with Gasteiger partial charge in [-0.2, -0.15) is 11.8 Å². The van der Waals surface area contributed by atoms with Gasteiger partial charge in [0.1, 0.15) is 0 Å². The highest BCUT2D eigenvalue weighted by molar-refractivity contribution is 9.10. The molecule has 0 aliphatic rings. The van der Waals surface area contributed by atoms with Crippen LogP contribution in [0.2, 0.25) is 0 Å². The minimum absolute atomic E-state index is 0.763. The Morgan fingerprint density at radius 2 is 1.93 bits per heavy atom. The summed E-state index contributed by atoms with van der Waals surface area (Å²) in [6, 6.07) is 8.65. The van der Waals surface area contributed by atoms with Gasteiger partial charge >= 0.3 is 0 Å². The van der Waals surface area contributed by atoms with E-state index < -0.39 is 0 Å². The van der Waals surface area contributed by atoms with Crippen LogP contribution in [-0.4, -0.2) is 17.3 Å². The van der Waals surface area contributed by atoms with Gasteiger partial charge in [-0.15, -0.1) is 0 Å². The van der Waals surface area contributed by atoms with Crippen LogP contribution in [-0.2, 0) is 6.42 Å². The first-order chi connectivity index (χ1) is 7.26. The molecule has 0 heterocycles. The fraction of sp³-hybridized carbons (Fsp3) is 0.500. The average Bonchev–Trinajstić information content (AvgIpc) is 2.27. The van der Waals surface area contributed by atoms with Crippen molar-refractivity contribution in [3.8, 4) is 0 Å². The molecule has 1 rings (SSSR count). The Kier molecular flexibility index (Phi) is 7.02. The molecule has 3 heteroatoms. The second kappa shape index (κ2) is 7.75. The van der Waals surface area contributed by atoms with Crippen molar-refractivity contribution in [2.75, 3.05) is 17.3 Å². The van der Waals surface area contributed by atoms with Crippen LogP contribution in [0.25, 0.3) is 0 Å². The van der Waals surface area contributed by atoms with Crippen molar-refractivity contribution >= 4 is 43.6 Å². The highest BCUT2D eigenvalue weighted by Crippen LogP contribution is 2.18. The molecular formula is C12H16Br2S. The summed E-state index contributed by atoms with van der Waals surface area (Å²) in [6.07, 6.45) is 4.65. The van der Waals surface area contributed by atoms with Gasteiger partial charge in [0.05, 0.1) is 0 Å². The topological polar surface area (TPSA) is 0 Å². The molecule has 0 aromatic heterocycles. The van der Waals surface area contributed by atoms with E-state index in [4.69, 9.17) is 0 Å². The van der Waals surface area contributed by atoms with Gasteiger partial charge in [0, 0.05) is 9.80 Å². The van der Waals surface area contributed by atoms with Crippen LogP contribution >= 0.6 is 43.6 Å². The molecular weight excluding hydrogens is 336 g/mol. The molecule has 0 saturated carbocycles. The van der Waals surface area contributed by atoms with E-state index in [1.165, 1.54) is 24.2 Å². The average molecular weight is 352 g/mol. The molecule has 0 fully saturated rings. The lowest BCUT2D eigenvalue weighted by Gasteiger charge is -2.13. The van der Waals surface area contributed by atoms with Gasteiger partial charge in [-0.3, -0.25) is 0 Å². The number of halogens is 2. The quantitative estimate of drug-likeness (QED) is 0.666. The molecule has 0 amide bonds. The van der Waals surface area contributed by atoms with E-state index in [0.717, 1.165) is 15.7 Å². The highest BCUT2D eigenvalue weighted by atomic mass is 79.9. The van der Waals surface area contributed by atoms with Crippen LogP contribution in [0.15, 0.2) is 28.7 Å². The Morgan fingerprint density at radius 3 is 2.47 bits per heavy atom. The summed E-state index contributed by atoms with van der Waals surface area (Å²) in [6.45, 7) is 0. The molecule has 0 spiro atoms. The fourth-order valence-electron chi connectivity index (χ4n) is 1.47. The first kappa shape index (κ1) is 13.6. The molecule has 0 nitrogen and oxygen atoms in total. The molecule has 1 aromatic rings. The van der Waals surface area contributed by atoms with Crippen LogP contribution < -0.4 is 0 Å². The third-order valence-electron chi connectivity index (χ3n) is 2.39. The summed E-state index contributed by atoms with van der Waals surface area (Å²) in [5.74, 6) is 2.02. The van der Waals surface area contributed by atoms with Crippen molar-refractivity contribution < 1.29 is 0 Å². The van der Waals surface area contributed by atoms with Crippen LogP contribution in [0.4, 0.5) is 0 Å². The van der Waals surface area contributed by atoms with Crippen molar-refractivity contribution in [1.82, 2.24) is 0 Å². The predicted molar refractivity (Wildman–Crippen MR) is 78.1 cm³/mol. The summed E-state index contributed by atoms with van der Waals surface area (Å²) >= 11 is 8.99. The monoisotopic (exact) mass is 350 g/mol. The van der Waals surface area contributed by atoms with Gasteiger partial charge < -0.3 is 0 Å².